The largest absolute Gasteiger partial charge is 0.472 e. The van der Waals surface area contributed by atoms with Gasteiger partial charge in [0.05, 0.1) is 18.6 Å². The highest BCUT2D eigenvalue weighted by Gasteiger charge is 2.67. The molecule has 0 N–H and O–H groups in total. The summed E-state index contributed by atoms with van der Waals surface area (Å²) in [5.41, 5.74) is -4.38. The number of ether oxygens (including phenoxy) is 2. The summed E-state index contributed by atoms with van der Waals surface area (Å²) in [5, 5.41) is 0. The smallest absolute Gasteiger partial charge is 0.433 e. The Bertz CT molecular complexity index is 705. The van der Waals surface area contributed by atoms with Crippen molar-refractivity contribution in [1.29, 1.82) is 0 Å². The van der Waals surface area contributed by atoms with E-state index in [0.717, 1.165) is 12.1 Å². The lowest BCUT2D eigenvalue weighted by Gasteiger charge is -2.40. The van der Waals surface area contributed by atoms with E-state index in [-0.39, 0.29) is 17.9 Å². The number of benzene rings is 1. The van der Waals surface area contributed by atoms with Crippen LogP contribution in [0, 0.1) is 6.92 Å². The summed E-state index contributed by atoms with van der Waals surface area (Å²) in [6.07, 6.45) is -12.4. The Morgan fingerprint density at radius 1 is 1.20 bits per heavy atom. The summed E-state index contributed by atoms with van der Waals surface area (Å²) in [6.45, 7) is 2.68. The predicted molar refractivity (Wildman–Crippen MR) is 75.9 cm³/mol. The first kappa shape index (κ1) is 19.1. The average Bonchev–Trinajstić information content (AvgIpc) is 2.44. The van der Waals surface area contributed by atoms with Crippen molar-refractivity contribution in [3.63, 3.8) is 0 Å². The lowest BCUT2D eigenvalue weighted by Crippen LogP contribution is -2.57. The van der Waals surface area contributed by atoms with E-state index in [0.29, 0.717) is 5.56 Å². The molecule has 0 saturated carbocycles. The third kappa shape index (κ3) is 3.74. The zero-order valence-corrected chi connectivity index (χ0v) is 13.2. The number of hydrogen-bond donors (Lipinski definition) is 0. The Hall–Kier alpha value is -2.19. The maximum absolute atomic E-state index is 13.7. The molecule has 0 amide bonds. The van der Waals surface area contributed by atoms with E-state index in [1.54, 1.807) is 6.92 Å². The van der Waals surface area contributed by atoms with Crippen molar-refractivity contribution in [2.75, 3.05) is 6.61 Å². The highest BCUT2D eigenvalue weighted by Crippen LogP contribution is 2.50. The normalized spacial score (nSPS) is 20.4. The second-order valence-electron chi connectivity index (χ2n) is 5.54. The second-order valence-corrected chi connectivity index (χ2v) is 5.54. The van der Waals surface area contributed by atoms with Crippen LogP contribution < -0.4 is 4.74 Å². The first-order valence-corrected chi connectivity index (χ1v) is 7.22. The van der Waals surface area contributed by atoms with Crippen LogP contribution in [0.15, 0.2) is 23.8 Å². The third-order valence-electron chi connectivity index (χ3n) is 3.59. The van der Waals surface area contributed by atoms with Gasteiger partial charge in [0.25, 0.3) is 0 Å². The fourth-order valence-corrected chi connectivity index (χ4v) is 2.55. The molecule has 138 valence electrons. The van der Waals surface area contributed by atoms with Gasteiger partial charge in [0.1, 0.15) is 5.75 Å². The van der Waals surface area contributed by atoms with Crippen molar-refractivity contribution in [1.82, 2.24) is 0 Å². The van der Waals surface area contributed by atoms with E-state index in [9.17, 15) is 31.1 Å². The number of carbonyl (C=O) groups is 1. The fourth-order valence-electron chi connectivity index (χ4n) is 2.55. The zero-order valence-electron chi connectivity index (χ0n) is 13.2. The van der Waals surface area contributed by atoms with E-state index in [4.69, 9.17) is 4.74 Å². The Balaban J connectivity index is 2.71. The van der Waals surface area contributed by atoms with Crippen molar-refractivity contribution in [2.24, 2.45) is 0 Å². The summed E-state index contributed by atoms with van der Waals surface area (Å²) in [5.74, 6) is -1.89. The highest BCUT2D eigenvalue weighted by molar-refractivity contribution is 5.97. The summed E-state index contributed by atoms with van der Waals surface area (Å²) in [7, 11) is 0. The van der Waals surface area contributed by atoms with E-state index in [1.165, 1.54) is 19.1 Å². The van der Waals surface area contributed by atoms with Gasteiger partial charge in [0, 0.05) is 5.56 Å². The lowest BCUT2D eigenvalue weighted by molar-refractivity contribution is -0.270. The standard InChI is InChI=1S/C16H14F6O3/c1-3-24-13(23)11-7-10-6-9(2)4-5-12(10)25-14(11,16(20,21)22)8-15(17,18)19/h4-7H,3,8H2,1-2H3. The molecule has 9 heteroatoms. The first-order valence-electron chi connectivity index (χ1n) is 7.22. The molecule has 25 heavy (non-hydrogen) atoms. The molecule has 1 aromatic carbocycles. The van der Waals surface area contributed by atoms with Gasteiger partial charge < -0.3 is 9.47 Å². The molecule has 0 bridgehead atoms. The first-order chi connectivity index (χ1) is 11.4. The average molecular weight is 368 g/mol. The Labute approximate surface area is 139 Å². The Kier molecular flexibility index (Phi) is 4.80. The number of esters is 1. The summed E-state index contributed by atoms with van der Waals surface area (Å²) >= 11 is 0. The van der Waals surface area contributed by atoms with Gasteiger partial charge in [-0.05, 0) is 32.1 Å². The van der Waals surface area contributed by atoms with Crippen LogP contribution >= 0.6 is 0 Å². The lowest BCUT2D eigenvalue weighted by atomic mass is 9.84. The number of hydrogen-bond acceptors (Lipinski definition) is 3. The molecule has 0 aliphatic carbocycles. The van der Waals surface area contributed by atoms with Gasteiger partial charge in [0.15, 0.2) is 0 Å². The van der Waals surface area contributed by atoms with Crippen LogP contribution in [-0.2, 0) is 9.53 Å². The van der Waals surface area contributed by atoms with Gasteiger partial charge in [-0.15, -0.1) is 0 Å². The van der Waals surface area contributed by atoms with E-state index < -0.39 is 35.9 Å². The van der Waals surface area contributed by atoms with Crippen LogP contribution in [0.1, 0.15) is 24.5 Å². The zero-order chi connectivity index (χ0) is 19.0. The summed E-state index contributed by atoms with van der Waals surface area (Å²) < 4.78 is 89.1. The van der Waals surface area contributed by atoms with Crippen LogP contribution in [0.4, 0.5) is 26.3 Å². The van der Waals surface area contributed by atoms with Crippen LogP contribution in [0.2, 0.25) is 0 Å². The minimum Gasteiger partial charge on any atom is -0.472 e. The summed E-state index contributed by atoms with van der Waals surface area (Å²) in [6, 6.07) is 3.94. The second kappa shape index (κ2) is 6.27. The van der Waals surface area contributed by atoms with Gasteiger partial charge >= 0.3 is 18.3 Å². The molecule has 0 aromatic heterocycles. The van der Waals surface area contributed by atoms with Crippen molar-refractivity contribution in [2.45, 2.75) is 38.2 Å². The molecular formula is C16H14F6O3. The van der Waals surface area contributed by atoms with Crippen molar-refractivity contribution in [3.05, 3.63) is 34.9 Å². The van der Waals surface area contributed by atoms with E-state index >= 15 is 0 Å². The molecule has 0 fully saturated rings. The molecule has 1 unspecified atom stereocenters. The van der Waals surface area contributed by atoms with Crippen molar-refractivity contribution in [3.8, 4) is 5.75 Å². The predicted octanol–water partition coefficient (Wildman–Crippen LogP) is 4.59. The maximum Gasteiger partial charge on any atom is 0.433 e. The number of fused-ring (bicyclic) bond motifs is 1. The number of halogens is 6. The fraction of sp³-hybridized carbons (Fsp3) is 0.438. The summed E-state index contributed by atoms with van der Waals surface area (Å²) in [4.78, 5) is 12.0. The third-order valence-corrected chi connectivity index (χ3v) is 3.59. The molecule has 1 aliphatic heterocycles. The maximum atomic E-state index is 13.7. The number of carbonyl (C=O) groups excluding carboxylic acids is 1. The molecule has 1 heterocycles. The van der Waals surface area contributed by atoms with Crippen LogP contribution in [0.25, 0.3) is 6.08 Å². The molecule has 1 atom stereocenters. The van der Waals surface area contributed by atoms with E-state index in [1.807, 2.05) is 0 Å². The molecule has 2 rings (SSSR count). The van der Waals surface area contributed by atoms with Crippen molar-refractivity contribution < 1.29 is 40.6 Å². The molecule has 1 aliphatic rings. The minimum atomic E-state index is -5.50. The molecule has 0 radical (unpaired) electrons. The van der Waals surface area contributed by atoms with E-state index in [2.05, 4.69) is 4.74 Å². The SMILES string of the molecule is CCOC(=O)C1=Cc2cc(C)ccc2OC1(CC(F)(F)F)C(F)(F)F. The number of alkyl halides is 6. The minimum absolute atomic E-state index is 0.0742. The van der Waals surface area contributed by atoms with Gasteiger partial charge in [0.2, 0.25) is 5.60 Å². The highest BCUT2D eigenvalue weighted by atomic mass is 19.4. The van der Waals surface area contributed by atoms with Crippen molar-refractivity contribution >= 4 is 12.0 Å². The number of aryl methyl sites for hydroxylation is 1. The molecular weight excluding hydrogens is 354 g/mol. The van der Waals surface area contributed by atoms with Gasteiger partial charge in [-0.1, -0.05) is 11.6 Å². The molecule has 0 saturated heterocycles. The monoisotopic (exact) mass is 368 g/mol. The van der Waals surface area contributed by atoms with Crippen LogP contribution in [0.3, 0.4) is 0 Å². The van der Waals surface area contributed by atoms with Gasteiger partial charge in [-0.3, -0.25) is 0 Å². The van der Waals surface area contributed by atoms with Crippen LogP contribution in [0.5, 0.6) is 5.75 Å². The van der Waals surface area contributed by atoms with Gasteiger partial charge in [-0.2, -0.15) is 26.3 Å². The molecule has 3 nitrogen and oxygen atoms in total. The quantitative estimate of drug-likeness (QED) is 0.578. The molecule has 0 spiro atoms. The Morgan fingerprint density at radius 2 is 1.84 bits per heavy atom. The topological polar surface area (TPSA) is 35.5 Å². The van der Waals surface area contributed by atoms with Gasteiger partial charge in [-0.25, -0.2) is 4.79 Å². The molecule has 1 aromatic rings. The number of rotatable bonds is 3. The Morgan fingerprint density at radius 3 is 2.36 bits per heavy atom. The van der Waals surface area contributed by atoms with Crippen LogP contribution in [-0.4, -0.2) is 30.5 Å².